The van der Waals surface area contributed by atoms with E-state index >= 15 is 0 Å². The standard InChI is InChI=1S/C32H36N4O3/c1-20-15-29(38-5)30(39-6)17-27(20)33-31(37)32(2)18-25(32)23-12-13-24-26(34-35-28(24)16-23)14-11-21-7-9-22(10-8-21)19-36(3)4/h7-17,25H,18-19H2,1-6H3,(H,33,37)(H,34,35)/b14-11+/t25-,32+/m0/s1. The number of H-pyrrole nitrogens is 1. The Bertz CT molecular complexity index is 1540. The highest BCUT2D eigenvalue weighted by Crippen LogP contribution is 2.60. The van der Waals surface area contributed by atoms with Crippen LogP contribution in [0, 0.1) is 12.3 Å². The molecule has 7 heteroatoms. The van der Waals surface area contributed by atoms with Crippen LogP contribution in [0.5, 0.6) is 11.5 Å². The number of carbonyl (C=O) groups excluding carboxylic acids is 1. The lowest BCUT2D eigenvalue weighted by molar-refractivity contribution is -0.120. The van der Waals surface area contributed by atoms with Gasteiger partial charge in [0.2, 0.25) is 5.91 Å². The number of nitrogens with zero attached hydrogens (tertiary/aromatic N) is 2. The topological polar surface area (TPSA) is 79.5 Å². The first-order valence-electron chi connectivity index (χ1n) is 13.2. The summed E-state index contributed by atoms with van der Waals surface area (Å²) in [5, 5.41) is 11.9. The van der Waals surface area contributed by atoms with E-state index in [9.17, 15) is 4.79 Å². The number of benzene rings is 3. The van der Waals surface area contributed by atoms with E-state index in [4.69, 9.17) is 9.47 Å². The van der Waals surface area contributed by atoms with Crippen molar-refractivity contribution in [3.63, 3.8) is 0 Å². The van der Waals surface area contributed by atoms with Crippen molar-refractivity contribution < 1.29 is 14.3 Å². The minimum atomic E-state index is -0.477. The SMILES string of the molecule is COc1cc(C)c(NC(=O)[C@]2(C)C[C@H]2c2ccc3c(/C=C/c4ccc(CN(C)C)cc4)n[nH]c3c2)cc1OC. The molecule has 2 atom stereocenters. The third-order valence-electron chi connectivity index (χ3n) is 7.67. The van der Waals surface area contributed by atoms with Gasteiger partial charge in [-0.2, -0.15) is 5.10 Å². The molecule has 0 bridgehead atoms. The maximum Gasteiger partial charge on any atom is 0.230 e. The fourth-order valence-corrected chi connectivity index (χ4v) is 5.16. The Morgan fingerprint density at radius 3 is 2.49 bits per heavy atom. The second kappa shape index (κ2) is 10.6. The molecular formula is C32H36N4O3. The van der Waals surface area contributed by atoms with Crippen LogP contribution < -0.4 is 14.8 Å². The number of anilines is 1. The molecular weight excluding hydrogens is 488 g/mol. The third-order valence-corrected chi connectivity index (χ3v) is 7.67. The first-order valence-corrected chi connectivity index (χ1v) is 13.2. The number of carbonyl (C=O) groups is 1. The van der Waals surface area contributed by atoms with E-state index in [0.717, 1.165) is 51.9 Å². The number of rotatable bonds is 9. The first kappa shape index (κ1) is 26.5. The predicted molar refractivity (Wildman–Crippen MR) is 157 cm³/mol. The molecule has 1 aliphatic carbocycles. The summed E-state index contributed by atoms with van der Waals surface area (Å²) in [5.74, 6) is 1.38. The van der Waals surface area contributed by atoms with Crippen molar-refractivity contribution in [3.05, 3.63) is 82.5 Å². The Hall–Kier alpha value is -4.10. The number of aryl methyl sites for hydroxylation is 1. The Labute approximate surface area is 229 Å². The van der Waals surface area contributed by atoms with E-state index in [-0.39, 0.29) is 11.8 Å². The van der Waals surface area contributed by atoms with Crippen molar-refractivity contribution in [3.8, 4) is 11.5 Å². The van der Waals surface area contributed by atoms with Crippen LogP contribution in [-0.2, 0) is 11.3 Å². The van der Waals surface area contributed by atoms with E-state index in [2.05, 4.69) is 83.0 Å². The molecule has 39 heavy (non-hydrogen) atoms. The molecule has 1 aliphatic rings. The molecule has 202 valence electrons. The largest absolute Gasteiger partial charge is 0.493 e. The second-order valence-corrected chi connectivity index (χ2v) is 10.9. The van der Waals surface area contributed by atoms with Gasteiger partial charge in [-0.05, 0) is 73.8 Å². The van der Waals surface area contributed by atoms with Crippen molar-refractivity contribution in [2.45, 2.75) is 32.7 Å². The summed E-state index contributed by atoms with van der Waals surface area (Å²) in [6.07, 6.45) is 4.92. The molecule has 1 heterocycles. The molecule has 1 fully saturated rings. The molecule has 0 spiro atoms. The lowest BCUT2D eigenvalue weighted by atomic mass is 9.98. The highest BCUT2D eigenvalue weighted by atomic mass is 16.5. The fourth-order valence-electron chi connectivity index (χ4n) is 5.16. The first-order chi connectivity index (χ1) is 18.7. The van der Waals surface area contributed by atoms with Crippen LogP contribution in [0.4, 0.5) is 5.69 Å². The molecule has 3 aromatic carbocycles. The minimum Gasteiger partial charge on any atom is -0.493 e. The third kappa shape index (κ3) is 5.40. The number of hydrogen-bond donors (Lipinski definition) is 2. The van der Waals surface area contributed by atoms with E-state index < -0.39 is 5.41 Å². The van der Waals surface area contributed by atoms with Gasteiger partial charge in [-0.25, -0.2) is 0 Å². The van der Waals surface area contributed by atoms with Gasteiger partial charge in [0.15, 0.2) is 11.5 Å². The average Bonchev–Trinajstić information content (AvgIpc) is 3.47. The lowest BCUT2D eigenvalue weighted by Gasteiger charge is -2.16. The van der Waals surface area contributed by atoms with Crippen molar-refractivity contribution in [2.24, 2.45) is 5.41 Å². The van der Waals surface area contributed by atoms with E-state index in [1.807, 2.05) is 32.1 Å². The van der Waals surface area contributed by atoms with Crippen molar-refractivity contribution in [2.75, 3.05) is 33.6 Å². The summed E-state index contributed by atoms with van der Waals surface area (Å²) in [5.41, 5.74) is 6.61. The van der Waals surface area contributed by atoms with Gasteiger partial charge in [0, 0.05) is 23.7 Å². The number of aromatic amines is 1. The zero-order valence-corrected chi connectivity index (χ0v) is 23.5. The van der Waals surface area contributed by atoms with Crippen LogP contribution >= 0.6 is 0 Å². The number of hydrogen-bond acceptors (Lipinski definition) is 5. The molecule has 0 radical (unpaired) electrons. The van der Waals surface area contributed by atoms with Gasteiger partial charge in [-0.3, -0.25) is 9.89 Å². The molecule has 7 nitrogen and oxygen atoms in total. The second-order valence-electron chi connectivity index (χ2n) is 10.9. The number of aromatic nitrogens is 2. The lowest BCUT2D eigenvalue weighted by Crippen LogP contribution is -2.23. The summed E-state index contributed by atoms with van der Waals surface area (Å²) in [6.45, 7) is 4.90. The van der Waals surface area contributed by atoms with Crippen LogP contribution in [0.15, 0.2) is 54.6 Å². The Morgan fingerprint density at radius 1 is 1.08 bits per heavy atom. The quantitative estimate of drug-likeness (QED) is 0.270. The van der Waals surface area contributed by atoms with Crippen LogP contribution in [0.25, 0.3) is 23.1 Å². The summed E-state index contributed by atoms with van der Waals surface area (Å²) < 4.78 is 10.8. The predicted octanol–water partition coefficient (Wildman–Crippen LogP) is 6.25. The van der Waals surface area contributed by atoms with Gasteiger partial charge in [-0.1, -0.05) is 49.4 Å². The number of fused-ring (bicyclic) bond motifs is 1. The van der Waals surface area contributed by atoms with Crippen LogP contribution in [0.2, 0.25) is 0 Å². The van der Waals surface area contributed by atoms with Gasteiger partial charge in [0.1, 0.15) is 0 Å². The summed E-state index contributed by atoms with van der Waals surface area (Å²) in [4.78, 5) is 15.5. The fraction of sp³-hybridized carbons (Fsp3) is 0.312. The van der Waals surface area contributed by atoms with Crippen LogP contribution in [0.1, 0.15) is 47.2 Å². The van der Waals surface area contributed by atoms with Crippen molar-refractivity contribution in [1.29, 1.82) is 0 Å². The highest BCUT2D eigenvalue weighted by Gasteiger charge is 2.56. The van der Waals surface area contributed by atoms with Gasteiger partial charge in [0.05, 0.1) is 30.8 Å². The van der Waals surface area contributed by atoms with Crippen LogP contribution in [0.3, 0.4) is 0 Å². The Kier molecular flexibility index (Phi) is 7.19. The molecule has 5 rings (SSSR count). The molecule has 1 aromatic heterocycles. The summed E-state index contributed by atoms with van der Waals surface area (Å²) >= 11 is 0. The normalized spacial score (nSPS) is 18.6. The molecule has 1 amide bonds. The maximum absolute atomic E-state index is 13.3. The summed E-state index contributed by atoms with van der Waals surface area (Å²) in [7, 11) is 7.34. The molecule has 0 aliphatic heterocycles. The minimum absolute atomic E-state index is 0.00718. The summed E-state index contributed by atoms with van der Waals surface area (Å²) in [6, 6.07) is 18.6. The number of ether oxygens (including phenoxy) is 2. The number of methoxy groups -OCH3 is 2. The number of amides is 1. The Morgan fingerprint density at radius 2 is 1.79 bits per heavy atom. The zero-order valence-electron chi connectivity index (χ0n) is 23.5. The smallest absolute Gasteiger partial charge is 0.230 e. The van der Waals surface area contributed by atoms with Gasteiger partial charge < -0.3 is 19.7 Å². The monoisotopic (exact) mass is 524 g/mol. The molecule has 1 saturated carbocycles. The van der Waals surface area contributed by atoms with Crippen molar-refractivity contribution in [1.82, 2.24) is 15.1 Å². The van der Waals surface area contributed by atoms with Gasteiger partial charge in [-0.15, -0.1) is 0 Å². The molecule has 0 unspecified atom stereocenters. The number of nitrogens with one attached hydrogen (secondary N) is 2. The maximum atomic E-state index is 13.3. The van der Waals surface area contributed by atoms with Crippen LogP contribution in [-0.4, -0.2) is 49.3 Å². The van der Waals surface area contributed by atoms with Crippen molar-refractivity contribution >= 4 is 34.6 Å². The van der Waals surface area contributed by atoms with E-state index in [0.29, 0.717) is 11.5 Å². The highest BCUT2D eigenvalue weighted by molar-refractivity contribution is 5.99. The van der Waals surface area contributed by atoms with Gasteiger partial charge >= 0.3 is 0 Å². The zero-order chi connectivity index (χ0) is 27.7. The molecule has 2 N–H and O–H groups in total. The Balaban J connectivity index is 1.28. The van der Waals surface area contributed by atoms with Gasteiger partial charge in [0.25, 0.3) is 0 Å². The molecule has 0 saturated heterocycles. The van der Waals surface area contributed by atoms with E-state index in [1.165, 1.54) is 5.56 Å². The average molecular weight is 525 g/mol. The van der Waals surface area contributed by atoms with E-state index in [1.54, 1.807) is 14.2 Å². The molecule has 4 aromatic rings.